The summed E-state index contributed by atoms with van der Waals surface area (Å²) in [5.74, 6) is -1.33. The van der Waals surface area contributed by atoms with Crippen LogP contribution >= 0.6 is 11.6 Å². The molecule has 2 aliphatic rings. The molecule has 0 atom stereocenters. The summed E-state index contributed by atoms with van der Waals surface area (Å²) in [6.07, 6.45) is 6.08. The van der Waals surface area contributed by atoms with Gasteiger partial charge in [-0.1, -0.05) is 59.6 Å². The van der Waals surface area contributed by atoms with Crippen LogP contribution in [0.5, 0.6) is 0 Å². The van der Waals surface area contributed by atoms with Gasteiger partial charge < -0.3 is 5.11 Å². The zero-order chi connectivity index (χ0) is 26.6. The van der Waals surface area contributed by atoms with Crippen LogP contribution in [0, 0.1) is 5.82 Å². The van der Waals surface area contributed by atoms with Crippen molar-refractivity contribution in [3.8, 4) is 0 Å². The van der Waals surface area contributed by atoms with Crippen molar-refractivity contribution in [2.24, 2.45) is 0 Å². The first-order chi connectivity index (χ1) is 18.4. The third-order valence-corrected chi connectivity index (χ3v) is 7.72. The largest absolute Gasteiger partial charge is 0.478 e. The summed E-state index contributed by atoms with van der Waals surface area (Å²) in [5, 5.41) is 9.91. The molecule has 0 unspecified atom stereocenters. The van der Waals surface area contributed by atoms with Crippen LogP contribution in [0.4, 0.5) is 8.78 Å². The van der Waals surface area contributed by atoms with Crippen LogP contribution in [0.1, 0.15) is 63.9 Å². The molecule has 0 aromatic heterocycles. The van der Waals surface area contributed by atoms with Gasteiger partial charge in [-0.05, 0) is 95.3 Å². The normalized spacial score (nSPS) is 17.1. The number of benzene rings is 3. The van der Waals surface area contributed by atoms with Crippen molar-refractivity contribution in [2.75, 3.05) is 26.3 Å². The fraction of sp³-hybridized carbons (Fsp3) is 0.281. The Morgan fingerprint density at radius 1 is 1.00 bits per heavy atom. The van der Waals surface area contributed by atoms with Gasteiger partial charge in [0.15, 0.2) is 0 Å². The molecule has 0 saturated carbocycles. The van der Waals surface area contributed by atoms with E-state index in [9.17, 15) is 18.7 Å². The molecule has 1 fully saturated rings. The number of carboxylic acid groups (broad SMARTS) is 1. The van der Waals surface area contributed by atoms with E-state index >= 15 is 0 Å². The average Bonchev–Trinajstić information content (AvgIpc) is 3.26. The molecule has 1 aliphatic heterocycles. The number of alkyl halides is 1. The first kappa shape index (κ1) is 26.3. The van der Waals surface area contributed by atoms with E-state index in [4.69, 9.17) is 11.6 Å². The monoisotopic (exact) mass is 533 g/mol. The van der Waals surface area contributed by atoms with Gasteiger partial charge in [0.25, 0.3) is 0 Å². The van der Waals surface area contributed by atoms with Gasteiger partial charge in [-0.25, -0.2) is 9.18 Å². The highest BCUT2D eigenvalue weighted by Crippen LogP contribution is 2.42. The zero-order valence-electron chi connectivity index (χ0n) is 21.2. The number of hydrogen-bond donors (Lipinski definition) is 1. The molecule has 1 saturated heterocycles. The molecule has 1 aliphatic carbocycles. The molecule has 38 heavy (non-hydrogen) atoms. The van der Waals surface area contributed by atoms with Crippen molar-refractivity contribution in [3.63, 3.8) is 0 Å². The minimum Gasteiger partial charge on any atom is -0.478 e. The van der Waals surface area contributed by atoms with Crippen LogP contribution in [0.25, 0.3) is 17.2 Å². The summed E-state index contributed by atoms with van der Waals surface area (Å²) in [5.41, 5.74) is 8.51. The molecular weight excluding hydrogens is 504 g/mol. The molecule has 1 N–H and O–H groups in total. The van der Waals surface area contributed by atoms with E-state index in [2.05, 4.69) is 35.2 Å². The van der Waals surface area contributed by atoms with Gasteiger partial charge >= 0.3 is 5.97 Å². The van der Waals surface area contributed by atoms with Crippen molar-refractivity contribution in [1.82, 2.24) is 4.90 Å². The number of aromatic carboxylic acids is 1. The van der Waals surface area contributed by atoms with E-state index in [0.29, 0.717) is 11.4 Å². The van der Waals surface area contributed by atoms with E-state index < -0.39 is 5.97 Å². The predicted molar refractivity (Wildman–Crippen MR) is 150 cm³/mol. The van der Waals surface area contributed by atoms with Crippen molar-refractivity contribution >= 4 is 34.8 Å². The summed E-state index contributed by atoms with van der Waals surface area (Å²) < 4.78 is 26.4. The maximum Gasteiger partial charge on any atom is 0.335 e. The molecule has 1 heterocycles. The number of carboxylic acids is 1. The highest BCUT2D eigenvalue weighted by atomic mass is 35.5. The standard InChI is InChI=1S/C32H30ClF2NO2/c33-30-19-26(35)10-12-28(30)29-4-1-3-24-18-25(32(37)38)9-11-27(24)31(29)23-7-5-21(6-8-23)17-22-13-16-36(20-22)15-2-14-34/h5-12,17-19H,1-4,13-16,20H2,(H,37,38). The molecule has 196 valence electrons. The number of likely N-dealkylation sites (tertiary alicyclic amines) is 1. The number of fused-ring (bicyclic) bond motifs is 1. The van der Waals surface area contributed by atoms with Crippen LogP contribution in [0.2, 0.25) is 5.02 Å². The van der Waals surface area contributed by atoms with E-state index in [1.165, 1.54) is 17.7 Å². The van der Waals surface area contributed by atoms with Crippen molar-refractivity contribution in [3.05, 3.63) is 110 Å². The number of aryl methyl sites for hydroxylation is 1. The number of halogens is 3. The van der Waals surface area contributed by atoms with Crippen LogP contribution in [-0.4, -0.2) is 42.3 Å². The first-order valence-corrected chi connectivity index (χ1v) is 13.4. The number of hydrogen-bond acceptors (Lipinski definition) is 2. The summed E-state index contributed by atoms with van der Waals surface area (Å²) in [6.45, 7) is 2.35. The third kappa shape index (κ3) is 5.74. The van der Waals surface area contributed by atoms with Crippen LogP contribution in [-0.2, 0) is 6.42 Å². The molecule has 0 bridgehead atoms. The second-order valence-corrected chi connectivity index (χ2v) is 10.4. The Kier molecular flexibility index (Phi) is 8.06. The van der Waals surface area contributed by atoms with E-state index in [1.54, 1.807) is 18.2 Å². The maximum atomic E-state index is 13.9. The SMILES string of the molecule is O=C(O)c1ccc2c(c1)CCCC(c1ccc(F)cc1Cl)=C2c1ccc(C=C2CCN(CCCF)C2)cc1. The summed E-state index contributed by atoms with van der Waals surface area (Å²) >= 11 is 6.54. The molecular formula is C32H30ClF2NO2. The second kappa shape index (κ2) is 11.6. The van der Waals surface area contributed by atoms with Gasteiger partial charge in [-0.2, -0.15) is 0 Å². The maximum absolute atomic E-state index is 13.9. The quantitative estimate of drug-likeness (QED) is 0.335. The van der Waals surface area contributed by atoms with Gasteiger partial charge in [-0.3, -0.25) is 9.29 Å². The number of nitrogens with zero attached hydrogens (tertiary/aromatic N) is 1. The topological polar surface area (TPSA) is 40.5 Å². The van der Waals surface area contributed by atoms with Gasteiger partial charge in [0.1, 0.15) is 5.82 Å². The van der Waals surface area contributed by atoms with E-state index in [1.807, 2.05) is 6.07 Å². The van der Waals surface area contributed by atoms with Crippen molar-refractivity contribution in [1.29, 1.82) is 0 Å². The second-order valence-electron chi connectivity index (χ2n) is 10.0. The lowest BCUT2D eigenvalue weighted by atomic mass is 9.87. The summed E-state index contributed by atoms with van der Waals surface area (Å²) in [7, 11) is 0. The fourth-order valence-electron chi connectivity index (χ4n) is 5.57. The molecule has 3 aromatic rings. The van der Waals surface area contributed by atoms with Gasteiger partial charge in [0, 0.05) is 19.6 Å². The van der Waals surface area contributed by atoms with E-state index in [0.717, 1.165) is 84.3 Å². The Hall–Kier alpha value is -3.28. The molecule has 3 nitrogen and oxygen atoms in total. The summed E-state index contributed by atoms with van der Waals surface area (Å²) in [6, 6.07) is 18.2. The van der Waals surface area contributed by atoms with Crippen LogP contribution < -0.4 is 0 Å². The van der Waals surface area contributed by atoms with Crippen LogP contribution in [0.3, 0.4) is 0 Å². The highest BCUT2D eigenvalue weighted by Gasteiger charge is 2.23. The molecule has 3 aromatic carbocycles. The zero-order valence-corrected chi connectivity index (χ0v) is 21.9. The Bertz CT molecular complexity index is 1410. The number of rotatable bonds is 7. The number of carbonyl (C=O) groups is 1. The van der Waals surface area contributed by atoms with Crippen molar-refractivity contribution < 1.29 is 18.7 Å². The minimum absolute atomic E-state index is 0.269. The summed E-state index contributed by atoms with van der Waals surface area (Å²) in [4.78, 5) is 13.9. The minimum atomic E-state index is -0.947. The lowest BCUT2D eigenvalue weighted by Gasteiger charge is -2.18. The number of allylic oxidation sites excluding steroid dienone is 1. The molecule has 6 heteroatoms. The highest BCUT2D eigenvalue weighted by molar-refractivity contribution is 6.32. The van der Waals surface area contributed by atoms with Gasteiger partial charge in [-0.15, -0.1) is 0 Å². The fourth-order valence-corrected chi connectivity index (χ4v) is 5.86. The van der Waals surface area contributed by atoms with Crippen LogP contribution in [0.15, 0.2) is 66.2 Å². The Balaban J connectivity index is 1.56. The lowest BCUT2D eigenvalue weighted by molar-refractivity contribution is 0.0696. The average molecular weight is 534 g/mol. The Labute approximate surface area is 227 Å². The molecule has 0 amide bonds. The lowest BCUT2D eigenvalue weighted by Crippen LogP contribution is -2.20. The van der Waals surface area contributed by atoms with E-state index in [-0.39, 0.29) is 18.1 Å². The molecule has 0 spiro atoms. The Morgan fingerprint density at radius 2 is 1.79 bits per heavy atom. The predicted octanol–water partition coefficient (Wildman–Crippen LogP) is 7.92. The van der Waals surface area contributed by atoms with Gasteiger partial charge in [0.2, 0.25) is 0 Å². The smallest absolute Gasteiger partial charge is 0.335 e. The molecule has 5 rings (SSSR count). The molecule has 0 radical (unpaired) electrons. The van der Waals surface area contributed by atoms with Gasteiger partial charge in [0.05, 0.1) is 17.3 Å². The first-order valence-electron chi connectivity index (χ1n) is 13.1. The Morgan fingerprint density at radius 3 is 2.53 bits per heavy atom. The van der Waals surface area contributed by atoms with Crippen molar-refractivity contribution in [2.45, 2.75) is 32.1 Å². The third-order valence-electron chi connectivity index (χ3n) is 7.41.